The van der Waals surface area contributed by atoms with Gasteiger partial charge in [0.15, 0.2) is 0 Å². The summed E-state index contributed by atoms with van der Waals surface area (Å²) in [6.45, 7) is 0. The van der Waals surface area contributed by atoms with Gasteiger partial charge < -0.3 is 4.42 Å². The summed E-state index contributed by atoms with van der Waals surface area (Å²) < 4.78 is 4.91. The maximum Gasteiger partial charge on any atom is 0.294 e. The lowest BCUT2D eigenvalue weighted by Crippen LogP contribution is -1.69. The molecule has 0 aromatic carbocycles. The van der Waals surface area contributed by atoms with Crippen LogP contribution in [-0.2, 0) is 0 Å². The lowest BCUT2D eigenvalue weighted by molar-refractivity contribution is 0.593. The van der Waals surface area contributed by atoms with Gasteiger partial charge in [-0.1, -0.05) is 0 Å². The fraction of sp³-hybridized carbons (Fsp3) is 0. The first kappa shape index (κ1) is 5.68. The van der Waals surface area contributed by atoms with E-state index in [1.54, 1.807) is 18.3 Å². The lowest BCUT2D eigenvalue weighted by atomic mass is 10.5. The van der Waals surface area contributed by atoms with Crippen molar-refractivity contribution in [3.05, 3.63) is 23.7 Å². The molecular weight excluding hydrogens is 152 g/mol. The molecule has 0 amide bonds. The van der Waals surface area contributed by atoms with E-state index >= 15 is 0 Å². The van der Waals surface area contributed by atoms with Crippen molar-refractivity contribution in [1.82, 2.24) is 9.97 Å². The van der Waals surface area contributed by atoms with Crippen molar-refractivity contribution in [2.45, 2.75) is 0 Å². The van der Waals surface area contributed by atoms with E-state index in [0.717, 1.165) is 0 Å². The molecule has 0 aliphatic heterocycles. The summed E-state index contributed by atoms with van der Waals surface area (Å²) in [4.78, 5) is 7.74. The van der Waals surface area contributed by atoms with Gasteiger partial charge in [0.05, 0.1) is 0 Å². The number of hydrogen-bond acceptors (Lipinski definition) is 3. The molecule has 0 N–H and O–H groups in total. The van der Waals surface area contributed by atoms with Gasteiger partial charge in [0, 0.05) is 6.20 Å². The molecule has 0 spiro atoms. The maximum atomic E-state index is 5.47. The number of pyridine rings is 1. The quantitative estimate of drug-likeness (QED) is 0.582. The molecular formula is C6H3ClN2O. The van der Waals surface area contributed by atoms with Crippen molar-refractivity contribution in [2.24, 2.45) is 0 Å². The summed E-state index contributed by atoms with van der Waals surface area (Å²) in [6.07, 6.45) is 1.63. The maximum absolute atomic E-state index is 5.47. The van der Waals surface area contributed by atoms with E-state index < -0.39 is 0 Å². The summed E-state index contributed by atoms with van der Waals surface area (Å²) in [7, 11) is 0. The molecule has 0 radical (unpaired) electrons. The first-order valence-electron chi connectivity index (χ1n) is 2.73. The Morgan fingerprint density at radius 1 is 1.50 bits per heavy atom. The van der Waals surface area contributed by atoms with Crippen molar-refractivity contribution >= 4 is 22.8 Å². The van der Waals surface area contributed by atoms with Crippen LogP contribution in [0.4, 0.5) is 0 Å². The monoisotopic (exact) mass is 154 g/mol. The van der Waals surface area contributed by atoms with Crippen molar-refractivity contribution in [2.75, 3.05) is 0 Å². The Bertz CT molecular complexity index is 324. The number of rotatable bonds is 0. The molecule has 0 aliphatic carbocycles. The van der Waals surface area contributed by atoms with Crippen LogP contribution in [0, 0.1) is 0 Å². The first-order valence-corrected chi connectivity index (χ1v) is 3.11. The van der Waals surface area contributed by atoms with Gasteiger partial charge in [0.1, 0.15) is 5.52 Å². The Kier molecular flexibility index (Phi) is 1.11. The van der Waals surface area contributed by atoms with Crippen LogP contribution in [0.1, 0.15) is 0 Å². The summed E-state index contributed by atoms with van der Waals surface area (Å²) in [5, 5.41) is 0.133. The molecule has 50 valence electrons. The topological polar surface area (TPSA) is 38.9 Å². The number of oxazole rings is 1. The van der Waals surface area contributed by atoms with E-state index in [4.69, 9.17) is 16.0 Å². The smallest absolute Gasteiger partial charge is 0.294 e. The molecule has 2 aromatic heterocycles. The third-order valence-corrected chi connectivity index (χ3v) is 1.30. The average molecular weight is 155 g/mol. The molecule has 0 saturated carbocycles. The fourth-order valence-corrected chi connectivity index (χ4v) is 0.907. The first-order chi connectivity index (χ1) is 4.86. The largest absolute Gasteiger partial charge is 0.408 e. The van der Waals surface area contributed by atoms with Gasteiger partial charge in [-0.2, -0.15) is 4.98 Å². The van der Waals surface area contributed by atoms with Gasteiger partial charge in [-0.3, -0.25) is 0 Å². The van der Waals surface area contributed by atoms with Crippen molar-refractivity contribution in [3.63, 3.8) is 0 Å². The molecule has 0 bridgehead atoms. The van der Waals surface area contributed by atoms with Gasteiger partial charge in [-0.05, 0) is 23.7 Å². The van der Waals surface area contributed by atoms with Crippen LogP contribution in [0.2, 0.25) is 5.35 Å². The van der Waals surface area contributed by atoms with E-state index in [-0.39, 0.29) is 5.35 Å². The molecule has 10 heavy (non-hydrogen) atoms. The number of nitrogens with zero attached hydrogens (tertiary/aromatic N) is 2. The van der Waals surface area contributed by atoms with Gasteiger partial charge in [-0.15, -0.1) is 0 Å². The number of hydrogen-bond donors (Lipinski definition) is 0. The van der Waals surface area contributed by atoms with E-state index in [1.807, 2.05) is 0 Å². The highest BCUT2D eigenvalue weighted by Gasteiger charge is 2.00. The Labute approximate surface area is 61.6 Å². The highest BCUT2D eigenvalue weighted by molar-refractivity contribution is 6.28. The molecule has 2 aromatic rings. The van der Waals surface area contributed by atoms with Crippen LogP contribution in [0.3, 0.4) is 0 Å². The van der Waals surface area contributed by atoms with Gasteiger partial charge >= 0.3 is 0 Å². The van der Waals surface area contributed by atoms with E-state index in [9.17, 15) is 0 Å². The highest BCUT2D eigenvalue weighted by Crippen LogP contribution is 2.14. The second-order valence-corrected chi connectivity index (χ2v) is 2.12. The predicted molar refractivity (Wildman–Crippen MR) is 36.8 cm³/mol. The van der Waals surface area contributed by atoms with Crippen molar-refractivity contribution < 1.29 is 4.42 Å². The zero-order valence-corrected chi connectivity index (χ0v) is 5.67. The van der Waals surface area contributed by atoms with Crippen LogP contribution in [0.5, 0.6) is 0 Å². The minimum atomic E-state index is 0.133. The molecule has 2 heterocycles. The highest BCUT2D eigenvalue weighted by atomic mass is 35.5. The molecule has 3 nitrogen and oxygen atoms in total. The fourth-order valence-electron chi connectivity index (χ4n) is 0.743. The molecule has 2 rings (SSSR count). The lowest BCUT2D eigenvalue weighted by Gasteiger charge is -1.78. The zero-order valence-electron chi connectivity index (χ0n) is 4.91. The number of aromatic nitrogens is 2. The second-order valence-electron chi connectivity index (χ2n) is 1.79. The molecule has 0 fully saturated rings. The Hall–Kier alpha value is -1.09. The van der Waals surface area contributed by atoms with Gasteiger partial charge in [0.25, 0.3) is 5.35 Å². The number of halogens is 1. The van der Waals surface area contributed by atoms with E-state index in [0.29, 0.717) is 11.2 Å². The van der Waals surface area contributed by atoms with Gasteiger partial charge in [0.2, 0.25) is 5.71 Å². The third kappa shape index (κ3) is 0.752. The second kappa shape index (κ2) is 1.95. The number of fused-ring (bicyclic) bond motifs is 1. The normalized spacial score (nSPS) is 10.5. The molecule has 0 unspecified atom stereocenters. The van der Waals surface area contributed by atoms with Crippen LogP contribution in [0.25, 0.3) is 11.2 Å². The Balaban J connectivity index is 2.88. The summed E-state index contributed by atoms with van der Waals surface area (Å²) in [5.41, 5.74) is 1.17. The summed E-state index contributed by atoms with van der Waals surface area (Å²) in [5.74, 6) is 0. The standard InChI is InChI=1S/C6H3ClN2O/c7-6-9-4-2-1-3-8-5(4)10-6/h1-3H. The van der Waals surface area contributed by atoms with Crippen LogP contribution in [0.15, 0.2) is 22.7 Å². The summed E-state index contributed by atoms with van der Waals surface area (Å²) in [6, 6.07) is 3.57. The van der Waals surface area contributed by atoms with Crippen molar-refractivity contribution in [3.8, 4) is 0 Å². The zero-order chi connectivity index (χ0) is 6.97. The van der Waals surface area contributed by atoms with E-state index in [1.165, 1.54) is 0 Å². The summed E-state index contributed by atoms with van der Waals surface area (Å²) >= 11 is 5.47. The Morgan fingerprint density at radius 2 is 2.40 bits per heavy atom. The van der Waals surface area contributed by atoms with Crippen LogP contribution >= 0.6 is 11.6 Å². The average Bonchev–Trinajstić information content (AvgIpc) is 2.27. The minimum absolute atomic E-state index is 0.133. The molecule has 0 atom stereocenters. The van der Waals surface area contributed by atoms with E-state index in [2.05, 4.69) is 9.97 Å². The van der Waals surface area contributed by atoms with Gasteiger partial charge in [-0.25, -0.2) is 4.98 Å². The van der Waals surface area contributed by atoms with Crippen molar-refractivity contribution in [1.29, 1.82) is 0 Å². The van der Waals surface area contributed by atoms with Crippen LogP contribution < -0.4 is 0 Å². The molecule has 4 heteroatoms. The van der Waals surface area contributed by atoms with Crippen LogP contribution in [-0.4, -0.2) is 9.97 Å². The SMILES string of the molecule is Clc1nc2cccnc2o1. The predicted octanol–water partition coefficient (Wildman–Crippen LogP) is 1.88. The molecule has 0 saturated heterocycles. The minimum Gasteiger partial charge on any atom is -0.408 e. The molecule has 0 aliphatic rings. The Morgan fingerprint density at radius 3 is 3.20 bits per heavy atom. The third-order valence-electron chi connectivity index (χ3n) is 1.14.